The molecule has 0 radical (unpaired) electrons. The summed E-state index contributed by atoms with van der Waals surface area (Å²) in [5.74, 6) is 1.58. The van der Waals surface area contributed by atoms with Gasteiger partial charge in [0.25, 0.3) is 0 Å². The molecule has 3 aromatic carbocycles. The van der Waals surface area contributed by atoms with Crippen molar-refractivity contribution in [2.75, 3.05) is 14.2 Å². The van der Waals surface area contributed by atoms with Crippen LogP contribution in [0.1, 0.15) is 62.1 Å². The number of rotatable bonds is 15. The second kappa shape index (κ2) is 16.0. The Morgan fingerprint density at radius 1 is 0.826 bits per heavy atom. The monoisotopic (exact) mass is 642 g/mol. The zero-order valence-corrected chi connectivity index (χ0v) is 28.1. The van der Waals surface area contributed by atoms with Crippen molar-refractivity contribution in [2.45, 2.75) is 64.4 Å². The first kappa shape index (κ1) is 34.8. The molecule has 0 aliphatic heterocycles. The molecule has 0 amide bonds. The summed E-state index contributed by atoms with van der Waals surface area (Å²) in [6.07, 6.45) is -0.271. The van der Waals surface area contributed by atoms with Crippen LogP contribution in [-0.4, -0.2) is 52.4 Å². The number of aromatic nitrogens is 1. The standard InChI is InChI=1S/C36H43N4O5P/c1-25(2)40(26(3)4)33(22-23-37)39-46(42)45-34-21-12-27(24-41)35(38-34)36(28-10-8-7-9-11-28,29-13-17-31(43-5)18-14-29)30-15-19-32(44-6)20-16-30/h7-21,25-26,33,39,41-42H,22,24H2,1-6H3. The van der Waals surface area contributed by atoms with Crippen LogP contribution < -0.4 is 19.1 Å². The van der Waals surface area contributed by atoms with E-state index in [0.29, 0.717) is 22.8 Å². The molecule has 4 rings (SSSR count). The van der Waals surface area contributed by atoms with Crippen molar-refractivity contribution in [1.82, 2.24) is 15.0 Å². The summed E-state index contributed by atoms with van der Waals surface area (Å²) in [4.78, 5) is 18.3. The van der Waals surface area contributed by atoms with Gasteiger partial charge >= 0.3 is 8.53 Å². The third-order valence-electron chi connectivity index (χ3n) is 8.01. The number of nitrogens with zero attached hydrogens (tertiary/aromatic N) is 3. The van der Waals surface area contributed by atoms with Crippen molar-refractivity contribution in [3.05, 3.63) is 119 Å². The fraction of sp³-hybridized carbons (Fsp3) is 0.333. The molecule has 10 heteroatoms. The molecule has 0 saturated heterocycles. The summed E-state index contributed by atoms with van der Waals surface area (Å²) < 4.78 is 17.0. The first-order chi connectivity index (χ1) is 22.2. The van der Waals surface area contributed by atoms with E-state index in [2.05, 4.69) is 43.8 Å². The van der Waals surface area contributed by atoms with Crippen molar-refractivity contribution in [1.29, 1.82) is 5.26 Å². The van der Waals surface area contributed by atoms with Gasteiger partial charge in [0.15, 0.2) is 0 Å². The maximum atomic E-state index is 11.2. The van der Waals surface area contributed by atoms with Gasteiger partial charge < -0.3 is 24.0 Å². The Kier molecular flexibility index (Phi) is 12.1. The van der Waals surface area contributed by atoms with Crippen LogP contribution in [0.25, 0.3) is 0 Å². The van der Waals surface area contributed by atoms with Crippen molar-refractivity contribution in [2.24, 2.45) is 0 Å². The second-order valence-corrected chi connectivity index (χ2v) is 12.4. The normalized spacial score (nSPS) is 13.0. The Balaban J connectivity index is 1.90. The minimum absolute atomic E-state index is 0.128. The van der Waals surface area contributed by atoms with Crippen LogP contribution in [0.15, 0.2) is 91.0 Å². The van der Waals surface area contributed by atoms with Crippen LogP contribution in [0.5, 0.6) is 17.4 Å². The highest BCUT2D eigenvalue weighted by atomic mass is 31.2. The molecule has 0 aliphatic carbocycles. The maximum Gasteiger partial charge on any atom is 0.317 e. The molecule has 0 bridgehead atoms. The highest BCUT2D eigenvalue weighted by molar-refractivity contribution is 7.44. The van der Waals surface area contributed by atoms with Gasteiger partial charge in [-0.15, -0.1) is 0 Å². The Bertz CT molecular complexity index is 1520. The Hall–Kier alpha value is -4.03. The van der Waals surface area contributed by atoms with Crippen molar-refractivity contribution in [3.63, 3.8) is 0 Å². The number of methoxy groups -OCH3 is 2. The van der Waals surface area contributed by atoms with E-state index in [-0.39, 0.29) is 31.0 Å². The molecule has 2 unspecified atom stereocenters. The summed E-state index contributed by atoms with van der Waals surface area (Å²) in [5, 5.41) is 23.4. The smallest absolute Gasteiger partial charge is 0.317 e. The third kappa shape index (κ3) is 7.50. The minimum Gasteiger partial charge on any atom is -0.497 e. The van der Waals surface area contributed by atoms with Gasteiger partial charge in [-0.1, -0.05) is 54.6 Å². The van der Waals surface area contributed by atoms with Gasteiger partial charge in [-0.3, -0.25) is 4.90 Å². The average Bonchev–Trinajstić information content (AvgIpc) is 3.06. The van der Waals surface area contributed by atoms with Gasteiger partial charge in [0.1, 0.15) is 11.5 Å². The number of benzene rings is 3. The largest absolute Gasteiger partial charge is 0.497 e. The van der Waals surface area contributed by atoms with Crippen molar-refractivity contribution < 1.29 is 24.0 Å². The number of aliphatic hydroxyl groups is 1. The lowest BCUT2D eigenvalue weighted by atomic mass is 9.66. The van der Waals surface area contributed by atoms with Gasteiger partial charge in [-0.25, -0.2) is 10.1 Å². The molecule has 2 atom stereocenters. The number of hydrogen-bond donors (Lipinski definition) is 3. The van der Waals surface area contributed by atoms with E-state index in [1.165, 1.54) is 0 Å². The molecule has 46 heavy (non-hydrogen) atoms. The first-order valence-electron chi connectivity index (χ1n) is 15.2. The number of pyridine rings is 1. The molecule has 4 aromatic rings. The lowest BCUT2D eigenvalue weighted by molar-refractivity contribution is 0.105. The molecule has 0 fully saturated rings. The minimum atomic E-state index is -2.23. The van der Waals surface area contributed by atoms with Crippen molar-refractivity contribution in [3.8, 4) is 23.4 Å². The zero-order chi connectivity index (χ0) is 33.3. The predicted molar refractivity (Wildman–Crippen MR) is 181 cm³/mol. The second-order valence-electron chi connectivity index (χ2n) is 11.4. The lowest BCUT2D eigenvalue weighted by Gasteiger charge is -2.38. The quantitative estimate of drug-likeness (QED) is 0.0756. The van der Waals surface area contributed by atoms with Gasteiger partial charge in [-0.05, 0) is 74.7 Å². The Morgan fingerprint density at radius 2 is 1.35 bits per heavy atom. The van der Waals surface area contributed by atoms with E-state index in [0.717, 1.165) is 16.7 Å². The number of hydrogen-bond acceptors (Lipinski definition) is 9. The molecule has 9 nitrogen and oxygen atoms in total. The fourth-order valence-electron chi connectivity index (χ4n) is 6.12. The summed E-state index contributed by atoms with van der Waals surface area (Å²) in [7, 11) is 1.02. The lowest BCUT2D eigenvalue weighted by Crippen LogP contribution is -2.50. The molecule has 0 spiro atoms. The molecule has 1 heterocycles. The highest BCUT2D eigenvalue weighted by Crippen LogP contribution is 2.47. The van der Waals surface area contributed by atoms with Gasteiger partial charge in [0, 0.05) is 23.7 Å². The Morgan fingerprint density at radius 3 is 1.80 bits per heavy atom. The average molecular weight is 643 g/mol. The topological polar surface area (TPSA) is 120 Å². The van der Waals surface area contributed by atoms with E-state index in [1.807, 2.05) is 78.9 Å². The van der Waals surface area contributed by atoms with E-state index in [9.17, 15) is 15.3 Å². The van der Waals surface area contributed by atoms with E-state index in [1.54, 1.807) is 26.4 Å². The summed E-state index contributed by atoms with van der Waals surface area (Å²) in [6, 6.07) is 31.4. The van der Waals surface area contributed by atoms with E-state index < -0.39 is 20.1 Å². The highest BCUT2D eigenvalue weighted by Gasteiger charge is 2.42. The van der Waals surface area contributed by atoms with Crippen LogP contribution in [0.4, 0.5) is 0 Å². The molecule has 1 aromatic heterocycles. The fourth-order valence-corrected chi connectivity index (χ4v) is 6.93. The Labute approximate surface area is 273 Å². The predicted octanol–water partition coefficient (Wildman–Crippen LogP) is 6.52. The molecular formula is C36H43N4O5P. The number of nitriles is 1. The van der Waals surface area contributed by atoms with Crippen LogP contribution in [0.2, 0.25) is 0 Å². The molecule has 3 N–H and O–H groups in total. The van der Waals surface area contributed by atoms with Crippen LogP contribution in [-0.2, 0) is 12.0 Å². The summed E-state index contributed by atoms with van der Waals surface area (Å²) in [6.45, 7) is 7.92. The summed E-state index contributed by atoms with van der Waals surface area (Å²) in [5.41, 5.74) is 2.79. The van der Waals surface area contributed by atoms with Crippen LogP contribution in [0, 0.1) is 11.3 Å². The number of nitrogens with one attached hydrogen (secondary N) is 1. The van der Waals surface area contributed by atoms with Crippen molar-refractivity contribution >= 4 is 8.53 Å². The molecule has 0 aliphatic rings. The molecular weight excluding hydrogens is 599 g/mol. The molecule has 242 valence electrons. The van der Waals surface area contributed by atoms with Gasteiger partial charge in [-0.2, -0.15) is 5.26 Å². The third-order valence-corrected chi connectivity index (χ3v) is 8.89. The van der Waals surface area contributed by atoms with E-state index in [4.69, 9.17) is 19.0 Å². The van der Waals surface area contributed by atoms with Crippen LogP contribution in [0.3, 0.4) is 0 Å². The van der Waals surface area contributed by atoms with Crippen LogP contribution >= 0.6 is 8.53 Å². The summed E-state index contributed by atoms with van der Waals surface area (Å²) >= 11 is 0. The first-order valence-corrected chi connectivity index (χ1v) is 16.4. The zero-order valence-electron chi connectivity index (χ0n) is 27.2. The molecule has 0 saturated carbocycles. The van der Waals surface area contributed by atoms with Gasteiger partial charge in [0.2, 0.25) is 5.88 Å². The van der Waals surface area contributed by atoms with E-state index >= 15 is 0 Å². The number of ether oxygens (including phenoxy) is 2. The van der Waals surface area contributed by atoms with Gasteiger partial charge in [0.05, 0.1) is 50.6 Å². The SMILES string of the molecule is COc1ccc(C(c2ccccc2)(c2ccc(OC)cc2)c2nc(OP(O)NC(CC#N)N(C(C)C)C(C)C)ccc2CO)cc1. The maximum absolute atomic E-state index is 11.2. The number of aliphatic hydroxyl groups excluding tert-OH is 1.